The van der Waals surface area contributed by atoms with Crippen molar-refractivity contribution < 1.29 is 9.53 Å². The van der Waals surface area contributed by atoms with Gasteiger partial charge >= 0.3 is 0 Å². The number of hydrogen-bond acceptors (Lipinski definition) is 5. The number of fused-ring (bicyclic) bond motifs is 3. The minimum absolute atomic E-state index is 0.0499. The molecule has 1 amide bonds. The standard InChI is InChI=1S/C19H25N5O2/c1-3-22(4-2)15-7-5-14(6-8-15)19(25)23-10-9-18-17(12-23)24-16(13-26-18)11-20-21-24/h5-8,11,17-18H,3-4,9-10,12-13H2,1-2H3. The zero-order valence-electron chi connectivity index (χ0n) is 15.3. The second-order valence-corrected chi connectivity index (χ2v) is 6.85. The molecule has 1 aromatic carbocycles. The van der Waals surface area contributed by atoms with Gasteiger partial charge < -0.3 is 14.5 Å². The number of rotatable bonds is 4. The maximum absolute atomic E-state index is 13.0. The summed E-state index contributed by atoms with van der Waals surface area (Å²) in [5.41, 5.74) is 2.86. The van der Waals surface area contributed by atoms with E-state index in [2.05, 4.69) is 29.1 Å². The SMILES string of the molecule is CCN(CC)c1ccc(C(=O)N2CCC3OCc4cnnn4C3C2)cc1. The van der Waals surface area contributed by atoms with Crippen LogP contribution in [-0.2, 0) is 11.3 Å². The highest BCUT2D eigenvalue weighted by molar-refractivity contribution is 5.94. The van der Waals surface area contributed by atoms with E-state index < -0.39 is 0 Å². The van der Waals surface area contributed by atoms with Gasteiger partial charge in [-0.1, -0.05) is 5.21 Å². The first-order valence-electron chi connectivity index (χ1n) is 9.36. The van der Waals surface area contributed by atoms with Gasteiger partial charge in [0.05, 0.1) is 30.6 Å². The van der Waals surface area contributed by atoms with Gasteiger partial charge in [-0.3, -0.25) is 4.79 Å². The summed E-state index contributed by atoms with van der Waals surface area (Å²) in [6, 6.07) is 7.98. The molecule has 2 aromatic rings. The van der Waals surface area contributed by atoms with Crippen LogP contribution in [0.4, 0.5) is 5.69 Å². The van der Waals surface area contributed by atoms with Crippen molar-refractivity contribution in [3.63, 3.8) is 0 Å². The molecule has 2 unspecified atom stereocenters. The molecule has 2 aliphatic rings. The van der Waals surface area contributed by atoms with Crippen LogP contribution in [0.5, 0.6) is 0 Å². The molecule has 26 heavy (non-hydrogen) atoms. The van der Waals surface area contributed by atoms with E-state index in [1.54, 1.807) is 6.20 Å². The van der Waals surface area contributed by atoms with Crippen LogP contribution in [-0.4, -0.2) is 58.1 Å². The van der Waals surface area contributed by atoms with Crippen molar-refractivity contribution in [2.45, 2.75) is 39.0 Å². The lowest BCUT2D eigenvalue weighted by molar-refractivity contribution is -0.0605. The summed E-state index contributed by atoms with van der Waals surface area (Å²) in [6.07, 6.45) is 2.68. The van der Waals surface area contributed by atoms with Gasteiger partial charge in [0.15, 0.2) is 0 Å². The Morgan fingerprint density at radius 1 is 1.27 bits per heavy atom. The second kappa shape index (κ2) is 7.07. The molecule has 7 nitrogen and oxygen atoms in total. The van der Waals surface area contributed by atoms with Gasteiger partial charge in [-0.15, -0.1) is 5.10 Å². The van der Waals surface area contributed by atoms with Gasteiger partial charge in [0.25, 0.3) is 5.91 Å². The summed E-state index contributed by atoms with van der Waals surface area (Å²) in [5.74, 6) is 0.0711. The highest BCUT2D eigenvalue weighted by Gasteiger charge is 2.38. The summed E-state index contributed by atoms with van der Waals surface area (Å²) in [4.78, 5) is 17.2. The fraction of sp³-hybridized carbons (Fsp3) is 0.526. The number of piperidine rings is 1. The maximum Gasteiger partial charge on any atom is 0.253 e. The number of ether oxygens (including phenoxy) is 1. The Labute approximate surface area is 153 Å². The molecule has 2 aliphatic heterocycles. The third kappa shape index (κ3) is 2.96. The molecule has 0 bridgehead atoms. The summed E-state index contributed by atoms with van der Waals surface area (Å²) in [5, 5.41) is 8.19. The van der Waals surface area contributed by atoms with E-state index in [1.165, 1.54) is 0 Å². The summed E-state index contributed by atoms with van der Waals surface area (Å²) in [6.45, 7) is 8.06. The maximum atomic E-state index is 13.0. The lowest BCUT2D eigenvalue weighted by Crippen LogP contribution is -2.49. The molecule has 1 saturated heterocycles. The van der Waals surface area contributed by atoms with Crippen LogP contribution in [0.3, 0.4) is 0 Å². The number of aromatic nitrogens is 3. The predicted molar refractivity (Wildman–Crippen MR) is 98.2 cm³/mol. The molecule has 1 fully saturated rings. The molecule has 0 spiro atoms. The van der Waals surface area contributed by atoms with Gasteiger partial charge in [-0.05, 0) is 44.5 Å². The van der Waals surface area contributed by atoms with E-state index in [0.717, 1.165) is 36.5 Å². The summed E-state index contributed by atoms with van der Waals surface area (Å²) < 4.78 is 7.85. The van der Waals surface area contributed by atoms with Gasteiger partial charge in [-0.25, -0.2) is 4.68 Å². The fourth-order valence-electron chi connectivity index (χ4n) is 3.95. The van der Waals surface area contributed by atoms with Crippen LogP contribution >= 0.6 is 0 Å². The lowest BCUT2D eigenvalue weighted by atomic mass is 9.99. The van der Waals surface area contributed by atoms with Crippen LogP contribution in [0.15, 0.2) is 30.5 Å². The summed E-state index contributed by atoms with van der Waals surface area (Å²) in [7, 11) is 0. The average Bonchev–Trinajstić information content (AvgIpc) is 3.18. The molecular weight excluding hydrogens is 330 g/mol. The Morgan fingerprint density at radius 2 is 2.04 bits per heavy atom. The van der Waals surface area contributed by atoms with Crippen molar-refractivity contribution in [3.05, 3.63) is 41.7 Å². The van der Waals surface area contributed by atoms with Gasteiger partial charge in [0.2, 0.25) is 0 Å². The van der Waals surface area contributed by atoms with Gasteiger partial charge in [0, 0.05) is 37.4 Å². The number of nitrogens with zero attached hydrogens (tertiary/aromatic N) is 5. The van der Waals surface area contributed by atoms with Crippen LogP contribution < -0.4 is 4.90 Å². The largest absolute Gasteiger partial charge is 0.372 e. The van der Waals surface area contributed by atoms with Crippen molar-refractivity contribution in [3.8, 4) is 0 Å². The second-order valence-electron chi connectivity index (χ2n) is 6.85. The fourth-order valence-corrected chi connectivity index (χ4v) is 3.95. The Kier molecular flexibility index (Phi) is 4.63. The zero-order valence-corrected chi connectivity index (χ0v) is 15.3. The topological polar surface area (TPSA) is 63.5 Å². The lowest BCUT2D eigenvalue weighted by Gasteiger charge is -2.41. The normalized spacial score (nSPS) is 21.8. The van der Waals surface area contributed by atoms with E-state index in [1.807, 2.05) is 33.8 Å². The molecule has 0 aliphatic carbocycles. The van der Waals surface area contributed by atoms with Crippen LogP contribution in [0, 0.1) is 0 Å². The third-order valence-corrected chi connectivity index (χ3v) is 5.46. The van der Waals surface area contributed by atoms with E-state index >= 15 is 0 Å². The Bertz CT molecular complexity index is 768. The molecule has 0 saturated carbocycles. The highest BCUT2D eigenvalue weighted by Crippen LogP contribution is 2.30. The number of anilines is 1. The van der Waals surface area contributed by atoms with Gasteiger partial charge in [0.1, 0.15) is 0 Å². The number of carbonyl (C=O) groups is 1. The molecular formula is C19H25N5O2. The molecule has 0 N–H and O–H groups in total. The van der Waals surface area contributed by atoms with Crippen LogP contribution in [0.1, 0.15) is 42.4 Å². The number of hydrogen-bond donors (Lipinski definition) is 0. The first kappa shape index (κ1) is 17.0. The molecule has 3 heterocycles. The average molecular weight is 355 g/mol. The van der Waals surface area contributed by atoms with E-state index in [0.29, 0.717) is 19.7 Å². The Balaban J connectivity index is 1.49. The van der Waals surface area contributed by atoms with Crippen LogP contribution in [0.25, 0.3) is 0 Å². The number of carbonyl (C=O) groups excluding carboxylic acids is 1. The number of amides is 1. The minimum Gasteiger partial charge on any atom is -0.372 e. The smallest absolute Gasteiger partial charge is 0.253 e. The van der Waals surface area contributed by atoms with Crippen LogP contribution in [0.2, 0.25) is 0 Å². The van der Waals surface area contributed by atoms with Gasteiger partial charge in [-0.2, -0.15) is 0 Å². The predicted octanol–water partition coefficient (Wildman–Crippen LogP) is 2.11. The van der Waals surface area contributed by atoms with E-state index in [-0.39, 0.29) is 18.1 Å². The molecule has 0 radical (unpaired) electrons. The molecule has 7 heteroatoms. The summed E-state index contributed by atoms with van der Waals surface area (Å²) >= 11 is 0. The number of benzene rings is 1. The quantitative estimate of drug-likeness (QED) is 0.840. The first-order chi connectivity index (χ1) is 12.7. The van der Waals surface area contributed by atoms with Crippen molar-refractivity contribution >= 4 is 11.6 Å². The van der Waals surface area contributed by atoms with Crippen molar-refractivity contribution in [2.24, 2.45) is 0 Å². The molecule has 138 valence electrons. The molecule has 1 aromatic heterocycles. The number of likely N-dealkylation sites (tertiary alicyclic amines) is 1. The zero-order chi connectivity index (χ0) is 18.1. The van der Waals surface area contributed by atoms with E-state index in [9.17, 15) is 4.79 Å². The molecule has 4 rings (SSSR count). The van der Waals surface area contributed by atoms with Crippen molar-refractivity contribution in [2.75, 3.05) is 31.1 Å². The van der Waals surface area contributed by atoms with E-state index in [4.69, 9.17) is 4.74 Å². The van der Waals surface area contributed by atoms with Crippen molar-refractivity contribution in [1.29, 1.82) is 0 Å². The first-order valence-corrected chi connectivity index (χ1v) is 9.36. The Hall–Kier alpha value is -2.41. The van der Waals surface area contributed by atoms with Crippen molar-refractivity contribution in [1.82, 2.24) is 19.9 Å². The highest BCUT2D eigenvalue weighted by atomic mass is 16.5. The third-order valence-electron chi connectivity index (χ3n) is 5.46. The molecule has 2 atom stereocenters. The Morgan fingerprint density at radius 3 is 2.77 bits per heavy atom. The monoisotopic (exact) mass is 355 g/mol. The minimum atomic E-state index is 0.0499.